The number of anilines is 1. The van der Waals surface area contributed by atoms with Crippen LogP contribution in [0.25, 0.3) is 0 Å². The van der Waals surface area contributed by atoms with Gasteiger partial charge >= 0.3 is 5.97 Å². The van der Waals surface area contributed by atoms with Crippen molar-refractivity contribution < 1.29 is 19.4 Å². The molecule has 27 heavy (non-hydrogen) atoms. The van der Waals surface area contributed by atoms with Gasteiger partial charge < -0.3 is 24.8 Å². The van der Waals surface area contributed by atoms with E-state index in [-0.39, 0.29) is 12.1 Å². The first kappa shape index (κ1) is 19.2. The Hall–Kier alpha value is -2.57. The molecule has 2 aromatic carbocycles. The number of hydrogen-bond donors (Lipinski definition) is 2. The average Bonchev–Trinajstić information content (AvgIpc) is 2.72. The van der Waals surface area contributed by atoms with Crippen LogP contribution in [0, 0.1) is 0 Å². The number of morpholine rings is 1. The molecule has 0 bridgehead atoms. The number of nitrogens with zero attached hydrogens (tertiary/aromatic N) is 1. The molecule has 1 saturated heterocycles. The molecule has 2 N–H and O–H groups in total. The number of methoxy groups -OCH3 is 1. The van der Waals surface area contributed by atoms with E-state index in [0.717, 1.165) is 30.1 Å². The Bertz CT molecular complexity index is 780. The molecule has 0 aromatic heterocycles. The van der Waals surface area contributed by atoms with Crippen molar-refractivity contribution in [1.82, 2.24) is 5.32 Å². The summed E-state index contributed by atoms with van der Waals surface area (Å²) in [5, 5.41) is 12.7. The Morgan fingerprint density at radius 1 is 1.33 bits per heavy atom. The van der Waals surface area contributed by atoms with Crippen molar-refractivity contribution in [2.24, 2.45) is 0 Å². The van der Waals surface area contributed by atoms with Crippen LogP contribution >= 0.6 is 0 Å². The summed E-state index contributed by atoms with van der Waals surface area (Å²) >= 11 is 0. The highest BCUT2D eigenvalue weighted by Crippen LogP contribution is 2.21. The quantitative estimate of drug-likeness (QED) is 0.781. The minimum absolute atomic E-state index is 0.0419. The molecule has 6 heteroatoms. The van der Waals surface area contributed by atoms with Crippen molar-refractivity contribution in [1.29, 1.82) is 0 Å². The van der Waals surface area contributed by atoms with Crippen molar-refractivity contribution in [3.63, 3.8) is 0 Å². The van der Waals surface area contributed by atoms with Crippen LogP contribution in [0.3, 0.4) is 0 Å². The summed E-state index contributed by atoms with van der Waals surface area (Å²) in [6, 6.07) is 15.3. The van der Waals surface area contributed by atoms with E-state index in [1.165, 1.54) is 0 Å². The van der Waals surface area contributed by atoms with E-state index in [1.54, 1.807) is 25.3 Å². The highest BCUT2D eigenvalue weighted by Gasteiger charge is 2.22. The van der Waals surface area contributed by atoms with Gasteiger partial charge in [0, 0.05) is 31.4 Å². The van der Waals surface area contributed by atoms with Gasteiger partial charge in [0.25, 0.3) is 0 Å². The lowest BCUT2D eigenvalue weighted by Crippen LogP contribution is -2.47. The van der Waals surface area contributed by atoms with Crippen molar-refractivity contribution >= 4 is 11.7 Å². The molecule has 1 heterocycles. The standard InChI is InChI=1S/C21H26N2O4/c1-15(16-5-4-8-19(12-16)26-2)22-13-20-14-23(9-10-27-20)18-7-3-6-17(11-18)21(24)25/h3-8,11-12,15,20,22H,9-10,13-14H2,1-2H3,(H,24,25)/t15-,20?/m1/s1. The minimum Gasteiger partial charge on any atom is -0.497 e. The van der Waals surface area contributed by atoms with Crippen LogP contribution in [-0.2, 0) is 4.74 Å². The van der Waals surface area contributed by atoms with Crippen molar-refractivity contribution in [2.75, 3.05) is 38.3 Å². The van der Waals surface area contributed by atoms with Crippen molar-refractivity contribution in [3.05, 3.63) is 59.7 Å². The van der Waals surface area contributed by atoms with E-state index < -0.39 is 5.97 Å². The van der Waals surface area contributed by atoms with Crippen LogP contribution in [0.4, 0.5) is 5.69 Å². The van der Waals surface area contributed by atoms with Crippen molar-refractivity contribution in [3.8, 4) is 5.75 Å². The Kier molecular flexibility index (Phi) is 6.32. The number of benzene rings is 2. The zero-order chi connectivity index (χ0) is 19.2. The number of carboxylic acids is 1. The third kappa shape index (κ3) is 4.99. The second-order valence-electron chi connectivity index (χ2n) is 6.70. The van der Waals surface area contributed by atoms with Crippen LogP contribution in [-0.4, -0.2) is 50.5 Å². The van der Waals surface area contributed by atoms with Crippen LogP contribution in [0.2, 0.25) is 0 Å². The van der Waals surface area contributed by atoms with Crippen LogP contribution in [0.5, 0.6) is 5.75 Å². The first-order valence-electron chi connectivity index (χ1n) is 9.14. The summed E-state index contributed by atoms with van der Waals surface area (Å²) in [7, 11) is 1.67. The molecule has 0 amide bonds. The topological polar surface area (TPSA) is 71.0 Å². The number of ether oxygens (including phenoxy) is 2. The highest BCUT2D eigenvalue weighted by atomic mass is 16.5. The lowest BCUT2D eigenvalue weighted by atomic mass is 10.1. The predicted octanol–water partition coefficient (Wildman–Crippen LogP) is 2.95. The molecule has 1 fully saturated rings. The molecule has 6 nitrogen and oxygen atoms in total. The fourth-order valence-electron chi connectivity index (χ4n) is 3.25. The lowest BCUT2D eigenvalue weighted by molar-refractivity contribution is 0.0394. The number of hydrogen-bond acceptors (Lipinski definition) is 5. The molecule has 1 aliphatic rings. The third-order valence-corrected chi connectivity index (χ3v) is 4.84. The van der Waals surface area contributed by atoms with Gasteiger partial charge in [0.2, 0.25) is 0 Å². The van der Waals surface area contributed by atoms with E-state index in [9.17, 15) is 9.90 Å². The van der Waals surface area contributed by atoms with E-state index in [4.69, 9.17) is 9.47 Å². The van der Waals surface area contributed by atoms with Gasteiger partial charge in [-0.1, -0.05) is 18.2 Å². The molecular formula is C21H26N2O4. The number of nitrogens with one attached hydrogen (secondary N) is 1. The summed E-state index contributed by atoms with van der Waals surface area (Å²) < 4.78 is 11.2. The van der Waals surface area contributed by atoms with Crippen molar-refractivity contribution in [2.45, 2.75) is 19.1 Å². The molecule has 0 aliphatic carbocycles. The van der Waals surface area contributed by atoms with Crippen LogP contribution in [0.1, 0.15) is 28.9 Å². The smallest absolute Gasteiger partial charge is 0.335 e. The number of carbonyl (C=O) groups is 1. The van der Waals surface area contributed by atoms with E-state index >= 15 is 0 Å². The Morgan fingerprint density at radius 2 is 2.15 bits per heavy atom. The SMILES string of the molecule is COc1cccc([C@@H](C)NCC2CN(c3cccc(C(=O)O)c3)CCO2)c1. The number of carboxylic acid groups (broad SMARTS) is 1. The highest BCUT2D eigenvalue weighted by molar-refractivity contribution is 5.88. The van der Waals surface area contributed by atoms with Gasteiger partial charge in [0.1, 0.15) is 5.75 Å². The van der Waals surface area contributed by atoms with Crippen LogP contribution in [0.15, 0.2) is 48.5 Å². The summed E-state index contributed by atoms with van der Waals surface area (Å²) in [5.41, 5.74) is 2.39. The zero-order valence-corrected chi connectivity index (χ0v) is 15.7. The first-order valence-corrected chi connectivity index (χ1v) is 9.14. The first-order chi connectivity index (χ1) is 13.1. The Morgan fingerprint density at radius 3 is 2.93 bits per heavy atom. The predicted molar refractivity (Wildman–Crippen MR) is 105 cm³/mol. The van der Waals surface area contributed by atoms with Gasteiger partial charge in [-0.15, -0.1) is 0 Å². The minimum atomic E-state index is -0.907. The molecule has 2 atom stereocenters. The van der Waals surface area contributed by atoms with Gasteiger partial charge in [-0.3, -0.25) is 0 Å². The number of rotatable bonds is 7. The van der Waals surface area contributed by atoms with E-state index in [0.29, 0.717) is 18.7 Å². The summed E-state index contributed by atoms with van der Waals surface area (Å²) in [6.45, 7) is 4.93. The van der Waals surface area contributed by atoms with Gasteiger partial charge in [0.05, 0.1) is 25.4 Å². The van der Waals surface area contributed by atoms with Gasteiger partial charge in [-0.2, -0.15) is 0 Å². The van der Waals surface area contributed by atoms with Gasteiger partial charge in [-0.05, 0) is 42.8 Å². The Balaban J connectivity index is 1.58. The maximum absolute atomic E-state index is 11.2. The zero-order valence-electron chi connectivity index (χ0n) is 15.7. The molecule has 3 rings (SSSR count). The molecule has 1 aliphatic heterocycles. The molecular weight excluding hydrogens is 344 g/mol. The van der Waals surface area contributed by atoms with E-state index in [2.05, 4.69) is 23.2 Å². The maximum Gasteiger partial charge on any atom is 0.335 e. The lowest BCUT2D eigenvalue weighted by Gasteiger charge is -2.35. The van der Waals surface area contributed by atoms with Crippen LogP contribution < -0.4 is 15.0 Å². The maximum atomic E-state index is 11.2. The average molecular weight is 370 g/mol. The normalized spacial score (nSPS) is 18.1. The molecule has 144 valence electrons. The fraction of sp³-hybridized carbons (Fsp3) is 0.381. The molecule has 0 spiro atoms. The summed E-state index contributed by atoms with van der Waals surface area (Å²) in [5.74, 6) is -0.0602. The fourth-order valence-corrected chi connectivity index (χ4v) is 3.25. The second kappa shape index (κ2) is 8.88. The largest absolute Gasteiger partial charge is 0.497 e. The third-order valence-electron chi connectivity index (χ3n) is 4.84. The summed E-state index contributed by atoms with van der Waals surface area (Å²) in [4.78, 5) is 13.4. The molecule has 1 unspecified atom stereocenters. The summed E-state index contributed by atoms with van der Waals surface area (Å²) in [6.07, 6.45) is 0.0419. The second-order valence-corrected chi connectivity index (χ2v) is 6.70. The van der Waals surface area contributed by atoms with Gasteiger partial charge in [0.15, 0.2) is 0 Å². The molecule has 0 saturated carbocycles. The van der Waals surface area contributed by atoms with Gasteiger partial charge in [-0.25, -0.2) is 4.79 Å². The monoisotopic (exact) mass is 370 g/mol. The Labute approximate surface area is 159 Å². The van der Waals surface area contributed by atoms with E-state index in [1.807, 2.05) is 24.3 Å². The molecule has 0 radical (unpaired) electrons. The number of aromatic carboxylic acids is 1. The molecule has 2 aromatic rings.